The topological polar surface area (TPSA) is 29.5 Å². The highest BCUT2D eigenvalue weighted by molar-refractivity contribution is 14.1. The molecule has 0 radical (unpaired) electrons. The van der Waals surface area contributed by atoms with Crippen LogP contribution < -0.4 is 0 Å². The van der Waals surface area contributed by atoms with Gasteiger partial charge in [0.15, 0.2) is 0 Å². The Balaban J connectivity index is 2.33. The highest BCUT2D eigenvalue weighted by Gasteiger charge is 2.20. The quantitative estimate of drug-likeness (QED) is 0.343. The van der Waals surface area contributed by atoms with Crippen LogP contribution >= 0.6 is 22.6 Å². The first-order chi connectivity index (χ1) is 5.34. The molecule has 1 aliphatic carbocycles. The van der Waals surface area contributed by atoms with E-state index in [0.29, 0.717) is 3.92 Å². The van der Waals surface area contributed by atoms with Crippen LogP contribution in [0, 0.1) is 0 Å². The lowest BCUT2D eigenvalue weighted by atomic mass is 9.99. The van der Waals surface area contributed by atoms with Gasteiger partial charge in [-0.25, -0.2) is 4.89 Å². The lowest BCUT2D eigenvalue weighted by Gasteiger charge is -2.21. The number of alkyl halides is 1. The molecule has 0 aromatic rings. The Bertz CT molecular complexity index is 108. The molecule has 1 fully saturated rings. The largest absolute Gasteiger partial charge is 0.252 e. The summed E-state index contributed by atoms with van der Waals surface area (Å²) in [7, 11) is 0. The Morgan fingerprint density at radius 3 is 2.36 bits per heavy atom. The maximum absolute atomic E-state index is 8.57. The van der Waals surface area contributed by atoms with E-state index in [9.17, 15) is 0 Å². The number of rotatable bonds is 1. The summed E-state index contributed by atoms with van der Waals surface area (Å²) in [6.07, 6.45) is 7.41. The van der Waals surface area contributed by atoms with Crippen LogP contribution in [0.5, 0.6) is 0 Å². The van der Waals surface area contributed by atoms with Crippen molar-refractivity contribution in [3.63, 3.8) is 0 Å². The lowest BCUT2D eigenvalue weighted by molar-refractivity contribution is -0.279. The van der Waals surface area contributed by atoms with Gasteiger partial charge in [-0.05, 0) is 12.8 Å². The normalized spacial score (nSPS) is 34.4. The highest BCUT2D eigenvalue weighted by atomic mass is 127. The minimum Gasteiger partial charge on any atom is -0.252 e. The fourth-order valence-electron chi connectivity index (χ4n) is 1.52. The van der Waals surface area contributed by atoms with Gasteiger partial charge < -0.3 is 0 Å². The maximum atomic E-state index is 8.57. The molecule has 0 saturated heterocycles. The second kappa shape index (κ2) is 5.32. The minimum absolute atomic E-state index is 0.0795. The Hall–Kier alpha value is 0.650. The van der Waals surface area contributed by atoms with Crippen LogP contribution in [0.2, 0.25) is 0 Å². The van der Waals surface area contributed by atoms with Gasteiger partial charge in [0, 0.05) is 3.92 Å². The highest BCUT2D eigenvalue weighted by Crippen LogP contribution is 2.24. The maximum Gasteiger partial charge on any atom is 0.104 e. The molecule has 0 spiro atoms. The van der Waals surface area contributed by atoms with E-state index < -0.39 is 0 Å². The van der Waals surface area contributed by atoms with Crippen LogP contribution in [0.25, 0.3) is 0 Å². The van der Waals surface area contributed by atoms with E-state index in [1.807, 2.05) is 0 Å². The molecule has 11 heavy (non-hydrogen) atoms. The molecule has 1 rings (SSSR count). The number of hydrogen-bond donors (Lipinski definition) is 1. The Labute approximate surface area is 81.4 Å². The average Bonchev–Trinajstić information content (AvgIpc) is 1.98. The van der Waals surface area contributed by atoms with Crippen LogP contribution in [0.3, 0.4) is 0 Å². The van der Waals surface area contributed by atoms with Crippen molar-refractivity contribution in [3.05, 3.63) is 0 Å². The fourth-order valence-corrected chi connectivity index (χ4v) is 2.46. The second-order valence-electron chi connectivity index (χ2n) is 3.15. The molecule has 1 saturated carbocycles. The molecule has 0 aromatic carbocycles. The van der Waals surface area contributed by atoms with Gasteiger partial charge >= 0.3 is 0 Å². The van der Waals surface area contributed by atoms with Crippen molar-refractivity contribution in [3.8, 4) is 0 Å². The zero-order chi connectivity index (χ0) is 8.10. The van der Waals surface area contributed by atoms with Gasteiger partial charge in [0.2, 0.25) is 0 Å². The molecule has 1 N–H and O–H groups in total. The molecule has 1 aliphatic rings. The summed E-state index contributed by atoms with van der Waals surface area (Å²) in [6.45, 7) is 0. The summed E-state index contributed by atoms with van der Waals surface area (Å²) in [5.74, 6) is 0. The predicted octanol–water partition coefficient (Wildman–Crippen LogP) is 3.00. The molecule has 0 bridgehead atoms. The van der Waals surface area contributed by atoms with Crippen molar-refractivity contribution in [1.82, 2.24) is 0 Å². The molecule has 0 unspecified atom stereocenters. The van der Waals surface area contributed by atoms with Crippen LogP contribution in [-0.4, -0.2) is 15.3 Å². The van der Waals surface area contributed by atoms with E-state index in [1.165, 1.54) is 32.1 Å². The molecule has 0 heterocycles. The zero-order valence-corrected chi connectivity index (χ0v) is 8.79. The van der Waals surface area contributed by atoms with Gasteiger partial charge in [0.25, 0.3) is 0 Å². The first kappa shape index (κ1) is 9.74. The van der Waals surface area contributed by atoms with Gasteiger partial charge in [-0.15, -0.1) is 0 Å². The molecule has 2 atom stereocenters. The summed E-state index contributed by atoms with van der Waals surface area (Å²) in [6, 6.07) is 0. The van der Waals surface area contributed by atoms with E-state index in [4.69, 9.17) is 5.26 Å². The SMILES string of the molecule is OO[C@H]1CCCCCC[C@@H]1I. The van der Waals surface area contributed by atoms with E-state index >= 15 is 0 Å². The third kappa shape index (κ3) is 3.25. The van der Waals surface area contributed by atoms with Crippen LogP contribution in [0.1, 0.15) is 38.5 Å². The molecular weight excluding hydrogens is 255 g/mol. The Kier molecular flexibility index (Phi) is 4.71. The zero-order valence-electron chi connectivity index (χ0n) is 6.63. The van der Waals surface area contributed by atoms with Gasteiger partial charge in [-0.2, -0.15) is 0 Å². The van der Waals surface area contributed by atoms with Crippen LogP contribution in [0.4, 0.5) is 0 Å². The molecule has 0 aromatic heterocycles. The first-order valence-corrected chi connectivity index (χ1v) is 5.53. The van der Waals surface area contributed by atoms with Gasteiger partial charge in [-0.1, -0.05) is 48.3 Å². The van der Waals surface area contributed by atoms with Crippen molar-refractivity contribution < 1.29 is 10.1 Å². The second-order valence-corrected chi connectivity index (χ2v) is 4.75. The lowest BCUT2D eigenvalue weighted by Crippen LogP contribution is -2.24. The summed E-state index contributed by atoms with van der Waals surface area (Å²) < 4.78 is 0.498. The van der Waals surface area contributed by atoms with Crippen molar-refractivity contribution in [1.29, 1.82) is 0 Å². The summed E-state index contributed by atoms with van der Waals surface area (Å²) >= 11 is 2.38. The molecule has 2 nitrogen and oxygen atoms in total. The van der Waals surface area contributed by atoms with Crippen LogP contribution in [0.15, 0.2) is 0 Å². The molecule has 66 valence electrons. The average molecular weight is 270 g/mol. The van der Waals surface area contributed by atoms with Gasteiger partial charge in [-0.3, -0.25) is 5.26 Å². The monoisotopic (exact) mass is 270 g/mol. The Morgan fingerprint density at radius 1 is 1.09 bits per heavy atom. The fraction of sp³-hybridized carbons (Fsp3) is 1.00. The van der Waals surface area contributed by atoms with Crippen molar-refractivity contribution in [2.24, 2.45) is 0 Å². The Morgan fingerprint density at radius 2 is 1.73 bits per heavy atom. The van der Waals surface area contributed by atoms with Crippen molar-refractivity contribution >= 4 is 22.6 Å². The predicted molar refractivity (Wildman–Crippen MR) is 53.0 cm³/mol. The van der Waals surface area contributed by atoms with E-state index in [2.05, 4.69) is 27.5 Å². The smallest absolute Gasteiger partial charge is 0.104 e. The van der Waals surface area contributed by atoms with E-state index in [1.54, 1.807) is 0 Å². The molecular formula is C8H15IO2. The number of halogens is 1. The minimum atomic E-state index is 0.0795. The van der Waals surface area contributed by atoms with E-state index in [-0.39, 0.29) is 6.10 Å². The summed E-state index contributed by atoms with van der Waals surface area (Å²) in [4.78, 5) is 4.43. The summed E-state index contributed by atoms with van der Waals surface area (Å²) in [5.41, 5.74) is 0. The summed E-state index contributed by atoms with van der Waals surface area (Å²) in [5, 5.41) is 8.57. The van der Waals surface area contributed by atoms with E-state index in [0.717, 1.165) is 6.42 Å². The molecule has 0 aliphatic heterocycles. The van der Waals surface area contributed by atoms with Crippen LogP contribution in [-0.2, 0) is 4.89 Å². The van der Waals surface area contributed by atoms with Gasteiger partial charge in [0.05, 0.1) is 0 Å². The number of hydrogen-bond acceptors (Lipinski definition) is 2. The third-order valence-corrected chi connectivity index (χ3v) is 3.68. The first-order valence-electron chi connectivity index (χ1n) is 4.29. The van der Waals surface area contributed by atoms with Crippen molar-refractivity contribution in [2.75, 3.05) is 0 Å². The molecule has 0 amide bonds. The van der Waals surface area contributed by atoms with Crippen molar-refractivity contribution in [2.45, 2.75) is 48.6 Å². The standard InChI is InChI=1S/C8H15IO2/c9-7-5-3-1-2-4-6-8(7)11-10/h7-8,10H,1-6H2/t7-,8-/m0/s1. The van der Waals surface area contributed by atoms with Gasteiger partial charge in [0.1, 0.15) is 6.10 Å². The molecule has 3 heteroatoms. The third-order valence-electron chi connectivity index (χ3n) is 2.26.